The van der Waals surface area contributed by atoms with Crippen LogP contribution in [0.15, 0.2) is 0 Å². The van der Waals surface area contributed by atoms with Gasteiger partial charge in [0.15, 0.2) is 0 Å². The number of nitrogens with two attached hydrogens (primary N) is 1. The summed E-state index contributed by atoms with van der Waals surface area (Å²) in [6.45, 7) is 1.60. The fourth-order valence-corrected chi connectivity index (χ4v) is 2.28. The first-order valence-corrected chi connectivity index (χ1v) is 5.80. The van der Waals surface area contributed by atoms with Gasteiger partial charge in [-0.2, -0.15) is 0 Å². The van der Waals surface area contributed by atoms with Crippen LogP contribution in [-0.4, -0.2) is 40.6 Å². The van der Waals surface area contributed by atoms with Crippen LogP contribution in [0.25, 0.3) is 0 Å². The van der Waals surface area contributed by atoms with Gasteiger partial charge in [-0.15, -0.1) is 0 Å². The minimum absolute atomic E-state index is 0.169. The minimum atomic E-state index is -1.45. The van der Waals surface area contributed by atoms with E-state index in [0.29, 0.717) is 12.8 Å². The molecule has 5 N–H and O–H groups in total. The van der Waals surface area contributed by atoms with Gasteiger partial charge in [-0.3, -0.25) is 14.4 Å². The van der Waals surface area contributed by atoms with Crippen molar-refractivity contribution in [1.29, 1.82) is 0 Å². The SMILES string of the molecule is CC1CC(C(=O)O)C(C(=O)NCC(O)C(N)=O)C1. The summed E-state index contributed by atoms with van der Waals surface area (Å²) in [5.41, 5.74) is 4.84. The highest BCUT2D eigenvalue weighted by Gasteiger charge is 2.41. The normalized spacial score (nSPS) is 28.7. The van der Waals surface area contributed by atoms with E-state index in [4.69, 9.17) is 15.9 Å². The third kappa shape index (κ3) is 3.43. The van der Waals surface area contributed by atoms with E-state index in [1.165, 1.54) is 0 Å². The summed E-state index contributed by atoms with van der Waals surface area (Å²) in [4.78, 5) is 33.4. The second-order valence-corrected chi connectivity index (χ2v) is 4.79. The van der Waals surface area contributed by atoms with Crippen LogP contribution in [0.2, 0.25) is 0 Å². The Kier molecular flexibility index (Phi) is 4.66. The number of carbonyl (C=O) groups excluding carboxylic acids is 2. The molecule has 1 saturated carbocycles. The number of amides is 2. The Bertz CT molecular complexity index is 357. The predicted octanol–water partition coefficient (Wildman–Crippen LogP) is -1.30. The van der Waals surface area contributed by atoms with E-state index in [2.05, 4.69) is 5.32 Å². The van der Waals surface area contributed by atoms with Gasteiger partial charge in [0.2, 0.25) is 11.8 Å². The molecule has 1 aliphatic carbocycles. The van der Waals surface area contributed by atoms with Crippen LogP contribution < -0.4 is 11.1 Å². The van der Waals surface area contributed by atoms with Crippen molar-refractivity contribution in [2.24, 2.45) is 23.5 Å². The number of rotatable bonds is 5. The molecule has 0 heterocycles. The Labute approximate surface area is 104 Å². The molecule has 0 bridgehead atoms. The summed E-state index contributed by atoms with van der Waals surface area (Å²) in [6, 6.07) is 0. The first-order chi connectivity index (χ1) is 8.32. The molecular weight excluding hydrogens is 240 g/mol. The van der Waals surface area contributed by atoms with Gasteiger partial charge in [0.25, 0.3) is 0 Å². The van der Waals surface area contributed by atoms with E-state index in [9.17, 15) is 14.4 Å². The number of carbonyl (C=O) groups is 3. The molecule has 18 heavy (non-hydrogen) atoms. The van der Waals surface area contributed by atoms with Gasteiger partial charge in [-0.05, 0) is 18.8 Å². The lowest BCUT2D eigenvalue weighted by atomic mass is 9.95. The topological polar surface area (TPSA) is 130 Å². The van der Waals surface area contributed by atoms with Crippen LogP contribution >= 0.6 is 0 Å². The van der Waals surface area contributed by atoms with Crippen molar-refractivity contribution in [3.05, 3.63) is 0 Å². The second kappa shape index (κ2) is 5.81. The summed E-state index contributed by atoms with van der Waals surface area (Å²) in [6.07, 6.45) is -0.489. The lowest BCUT2D eigenvalue weighted by Gasteiger charge is -2.16. The van der Waals surface area contributed by atoms with E-state index in [-0.39, 0.29) is 12.5 Å². The van der Waals surface area contributed by atoms with Crippen molar-refractivity contribution >= 4 is 17.8 Å². The van der Waals surface area contributed by atoms with Crippen LogP contribution in [0.4, 0.5) is 0 Å². The standard InChI is InChI=1S/C11H18N2O5/c1-5-2-6(7(3-5)11(17)18)10(16)13-4-8(14)9(12)15/h5-8,14H,2-4H2,1H3,(H2,12,15)(H,13,16)(H,17,18). The molecule has 4 unspecified atom stereocenters. The molecule has 0 aromatic heterocycles. The number of hydrogen-bond acceptors (Lipinski definition) is 4. The molecule has 7 nitrogen and oxygen atoms in total. The number of aliphatic hydroxyl groups is 1. The average molecular weight is 258 g/mol. The molecule has 2 amide bonds. The number of aliphatic carboxylic acids is 1. The molecule has 102 valence electrons. The molecule has 1 rings (SSSR count). The van der Waals surface area contributed by atoms with Gasteiger partial charge >= 0.3 is 5.97 Å². The van der Waals surface area contributed by atoms with E-state index in [1.54, 1.807) is 0 Å². The van der Waals surface area contributed by atoms with Crippen molar-refractivity contribution in [2.45, 2.75) is 25.9 Å². The first kappa shape index (κ1) is 14.4. The van der Waals surface area contributed by atoms with Crippen LogP contribution in [-0.2, 0) is 14.4 Å². The summed E-state index contributed by atoms with van der Waals surface area (Å²) in [5.74, 6) is -3.52. The highest BCUT2D eigenvalue weighted by Crippen LogP contribution is 2.36. The van der Waals surface area contributed by atoms with Crippen molar-refractivity contribution < 1.29 is 24.6 Å². The van der Waals surface area contributed by atoms with Crippen LogP contribution in [0, 0.1) is 17.8 Å². The molecule has 4 atom stereocenters. The first-order valence-electron chi connectivity index (χ1n) is 5.80. The summed E-state index contributed by atoms with van der Waals surface area (Å²) in [7, 11) is 0. The van der Waals surface area contributed by atoms with Crippen molar-refractivity contribution in [1.82, 2.24) is 5.32 Å². The molecule has 1 aliphatic rings. The Morgan fingerprint density at radius 1 is 1.33 bits per heavy atom. The number of carboxylic acid groups (broad SMARTS) is 1. The van der Waals surface area contributed by atoms with E-state index in [1.807, 2.05) is 6.92 Å². The average Bonchev–Trinajstić information content (AvgIpc) is 2.67. The number of primary amides is 1. The van der Waals surface area contributed by atoms with E-state index >= 15 is 0 Å². The van der Waals surface area contributed by atoms with Crippen molar-refractivity contribution in [3.63, 3.8) is 0 Å². The van der Waals surface area contributed by atoms with Crippen LogP contribution in [0.5, 0.6) is 0 Å². The molecule has 0 aromatic rings. The maximum Gasteiger partial charge on any atom is 0.307 e. The quantitative estimate of drug-likeness (QED) is 0.486. The fraction of sp³-hybridized carbons (Fsp3) is 0.727. The summed E-state index contributed by atoms with van der Waals surface area (Å²) >= 11 is 0. The predicted molar refractivity (Wildman–Crippen MR) is 61.2 cm³/mol. The Morgan fingerprint density at radius 3 is 2.39 bits per heavy atom. The second-order valence-electron chi connectivity index (χ2n) is 4.79. The summed E-state index contributed by atoms with van der Waals surface area (Å²) < 4.78 is 0. The molecule has 7 heteroatoms. The molecule has 0 aliphatic heterocycles. The third-order valence-electron chi connectivity index (χ3n) is 3.25. The highest BCUT2D eigenvalue weighted by molar-refractivity contribution is 5.86. The number of carboxylic acids is 1. The minimum Gasteiger partial charge on any atom is -0.481 e. The van der Waals surface area contributed by atoms with Crippen LogP contribution in [0.3, 0.4) is 0 Å². The van der Waals surface area contributed by atoms with E-state index < -0.39 is 35.7 Å². The molecular formula is C11H18N2O5. The molecule has 1 fully saturated rings. The molecule has 0 aromatic carbocycles. The zero-order valence-electron chi connectivity index (χ0n) is 10.1. The number of nitrogens with one attached hydrogen (secondary N) is 1. The molecule has 0 saturated heterocycles. The molecule has 0 radical (unpaired) electrons. The van der Waals surface area contributed by atoms with Gasteiger partial charge in [-0.25, -0.2) is 0 Å². The van der Waals surface area contributed by atoms with Gasteiger partial charge in [0, 0.05) is 0 Å². The lowest BCUT2D eigenvalue weighted by molar-refractivity contribution is -0.146. The Balaban J connectivity index is 2.55. The smallest absolute Gasteiger partial charge is 0.307 e. The van der Waals surface area contributed by atoms with Crippen molar-refractivity contribution in [2.75, 3.05) is 6.54 Å². The maximum atomic E-state index is 11.8. The van der Waals surface area contributed by atoms with Gasteiger partial charge in [-0.1, -0.05) is 6.92 Å². The fourth-order valence-electron chi connectivity index (χ4n) is 2.28. The number of hydrogen-bond donors (Lipinski definition) is 4. The van der Waals surface area contributed by atoms with Gasteiger partial charge in [0.1, 0.15) is 6.10 Å². The lowest BCUT2D eigenvalue weighted by Crippen LogP contribution is -2.43. The Hall–Kier alpha value is -1.63. The van der Waals surface area contributed by atoms with Crippen molar-refractivity contribution in [3.8, 4) is 0 Å². The van der Waals surface area contributed by atoms with Crippen LogP contribution in [0.1, 0.15) is 19.8 Å². The number of aliphatic hydroxyl groups excluding tert-OH is 1. The monoisotopic (exact) mass is 258 g/mol. The van der Waals surface area contributed by atoms with E-state index in [0.717, 1.165) is 0 Å². The van der Waals surface area contributed by atoms with Gasteiger partial charge < -0.3 is 21.3 Å². The summed E-state index contributed by atoms with van der Waals surface area (Å²) in [5, 5.41) is 20.5. The maximum absolute atomic E-state index is 11.8. The highest BCUT2D eigenvalue weighted by atomic mass is 16.4. The zero-order chi connectivity index (χ0) is 13.9. The zero-order valence-corrected chi connectivity index (χ0v) is 10.1. The third-order valence-corrected chi connectivity index (χ3v) is 3.25. The largest absolute Gasteiger partial charge is 0.481 e. The molecule has 0 spiro atoms. The van der Waals surface area contributed by atoms with Gasteiger partial charge in [0.05, 0.1) is 18.4 Å². The Morgan fingerprint density at radius 2 is 1.89 bits per heavy atom.